The number of para-hydroxylation sites is 1. The Morgan fingerprint density at radius 1 is 1.31 bits per heavy atom. The second-order valence-corrected chi connectivity index (χ2v) is 6.57. The van der Waals surface area contributed by atoms with Gasteiger partial charge in [0.15, 0.2) is 0 Å². The van der Waals surface area contributed by atoms with E-state index < -0.39 is 0 Å². The van der Waals surface area contributed by atoms with Crippen molar-refractivity contribution in [2.24, 2.45) is 0 Å². The quantitative estimate of drug-likeness (QED) is 0.770. The fraction of sp³-hybridized carbons (Fsp3) is 0.211. The lowest BCUT2D eigenvalue weighted by atomic mass is 10.0. The molecule has 1 amide bonds. The van der Waals surface area contributed by atoms with E-state index in [-0.39, 0.29) is 24.1 Å². The van der Waals surface area contributed by atoms with Crippen LogP contribution in [0.15, 0.2) is 53.6 Å². The highest BCUT2D eigenvalue weighted by molar-refractivity contribution is 6.31. The summed E-state index contributed by atoms with van der Waals surface area (Å²) >= 11 is 5.96. The molecule has 132 valence electrons. The second kappa shape index (κ2) is 6.80. The minimum absolute atomic E-state index is 0.103. The van der Waals surface area contributed by atoms with E-state index in [2.05, 4.69) is 10.3 Å². The molecule has 1 atom stereocenters. The van der Waals surface area contributed by atoms with Gasteiger partial charge in [-0.3, -0.25) is 14.2 Å². The van der Waals surface area contributed by atoms with Crippen LogP contribution >= 0.6 is 11.6 Å². The second-order valence-electron chi connectivity index (χ2n) is 6.13. The van der Waals surface area contributed by atoms with Crippen LogP contribution in [-0.4, -0.2) is 22.1 Å². The average molecular weight is 370 g/mol. The van der Waals surface area contributed by atoms with E-state index in [9.17, 15) is 9.59 Å². The van der Waals surface area contributed by atoms with E-state index in [0.29, 0.717) is 29.0 Å². The number of aromatic nitrogens is 2. The van der Waals surface area contributed by atoms with Gasteiger partial charge >= 0.3 is 0 Å². The zero-order valence-corrected chi connectivity index (χ0v) is 14.6. The van der Waals surface area contributed by atoms with Crippen molar-refractivity contribution in [2.45, 2.75) is 19.0 Å². The summed E-state index contributed by atoms with van der Waals surface area (Å²) < 4.78 is 6.89. The van der Waals surface area contributed by atoms with E-state index in [0.717, 1.165) is 11.3 Å². The lowest BCUT2D eigenvalue weighted by Gasteiger charge is -2.26. The van der Waals surface area contributed by atoms with Gasteiger partial charge in [-0.05, 0) is 24.3 Å². The fourth-order valence-corrected chi connectivity index (χ4v) is 3.30. The topological polar surface area (TPSA) is 73.2 Å². The molecule has 0 fully saturated rings. The first-order valence-electron chi connectivity index (χ1n) is 8.27. The van der Waals surface area contributed by atoms with Crippen molar-refractivity contribution in [1.82, 2.24) is 14.9 Å². The number of ether oxygens (including phenoxy) is 1. The molecule has 0 spiro atoms. The first-order valence-corrected chi connectivity index (χ1v) is 8.65. The van der Waals surface area contributed by atoms with Crippen molar-refractivity contribution < 1.29 is 9.53 Å². The number of fused-ring (bicyclic) bond motifs is 2. The summed E-state index contributed by atoms with van der Waals surface area (Å²) in [7, 11) is 0. The molecular weight excluding hydrogens is 354 g/mol. The first kappa shape index (κ1) is 16.6. The summed E-state index contributed by atoms with van der Waals surface area (Å²) in [5.74, 6) is 0.528. The van der Waals surface area contributed by atoms with Crippen LogP contribution < -0.4 is 15.6 Å². The summed E-state index contributed by atoms with van der Waals surface area (Å²) in [5, 5.41) is 3.83. The van der Waals surface area contributed by atoms with Gasteiger partial charge in [-0.25, -0.2) is 4.98 Å². The molecule has 1 aliphatic heterocycles. The Morgan fingerprint density at radius 3 is 3.04 bits per heavy atom. The number of halogens is 1. The van der Waals surface area contributed by atoms with Crippen LogP contribution in [-0.2, 0) is 11.3 Å². The van der Waals surface area contributed by atoms with Crippen molar-refractivity contribution in [1.29, 1.82) is 0 Å². The molecule has 26 heavy (non-hydrogen) atoms. The molecule has 6 nitrogen and oxygen atoms in total. The Labute approximate surface area is 154 Å². The van der Waals surface area contributed by atoms with Crippen LogP contribution in [0.1, 0.15) is 18.0 Å². The van der Waals surface area contributed by atoms with Gasteiger partial charge in [-0.1, -0.05) is 29.8 Å². The lowest BCUT2D eigenvalue weighted by molar-refractivity contribution is -0.122. The Balaban J connectivity index is 1.55. The number of benzene rings is 2. The molecular formula is C19H16ClN3O3. The number of carbonyl (C=O) groups excluding carboxylic acids is 1. The monoisotopic (exact) mass is 369 g/mol. The molecule has 0 radical (unpaired) electrons. The van der Waals surface area contributed by atoms with Crippen molar-refractivity contribution in [2.75, 3.05) is 6.61 Å². The smallest absolute Gasteiger partial charge is 0.261 e. The van der Waals surface area contributed by atoms with E-state index >= 15 is 0 Å². The highest BCUT2D eigenvalue weighted by Gasteiger charge is 2.22. The third kappa shape index (κ3) is 3.15. The molecule has 3 aromatic rings. The molecule has 4 rings (SSSR count). The standard InChI is InChI=1S/C19H16ClN3O3/c20-12-5-6-15-14(9-12)19(25)23(11-21-15)10-18(24)22-16-7-8-26-17-4-2-1-3-13(16)17/h1-6,9,11,16H,7-8,10H2,(H,22,24)/t16-/m1/s1. The molecule has 2 aromatic carbocycles. The van der Waals surface area contributed by atoms with Crippen LogP contribution in [0, 0.1) is 0 Å². The minimum Gasteiger partial charge on any atom is -0.493 e. The van der Waals surface area contributed by atoms with Gasteiger partial charge in [-0.15, -0.1) is 0 Å². The zero-order valence-electron chi connectivity index (χ0n) is 13.8. The first-order chi connectivity index (χ1) is 12.6. The van der Waals surface area contributed by atoms with Crippen LogP contribution in [0.4, 0.5) is 0 Å². The van der Waals surface area contributed by atoms with Gasteiger partial charge in [0.1, 0.15) is 12.3 Å². The van der Waals surface area contributed by atoms with Crippen molar-refractivity contribution in [3.8, 4) is 5.75 Å². The van der Waals surface area contributed by atoms with Crippen molar-refractivity contribution >= 4 is 28.4 Å². The maximum Gasteiger partial charge on any atom is 0.261 e. The summed E-state index contributed by atoms with van der Waals surface area (Å²) in [5.41, 5.74) is 1.21. The molecule has 0 unspecified atom stereocenters. The largest absolute Gasteiger partial charge is 0.493 e. The zero-order chi connectivity index (χ0) is 18.1. The Bertz CT molecular complexity index is 1050. The Hall–Kier alpha value is -2.86. The molecule has 1 N–H and O–H groups in total. The third-order valence-electron chi connectivity index (χ3n) is 4.39. The molecule has 0 aliphatic carbocycles. The number of hydrogen-bond acceptors (Lipinski definition) is 4. The fourth-order valence-electron chi connectivity index (χ4n) is 3.13. The molecule has 1 aliphatic rings. The molecule has 2 heterocycles. The van der Waals surface area contributed by atoms with Crippen LogP contribution in [0.25, 0.3) is 10.9 Å². The minimum atomic E-state index is -0.292. The van der Waals surface area contributed by atoms with E-state index in [4.69, 9.17) is 16.3 Å². The van der Waals surface area contributed by atoms with Gasteiger partial charge < -0.3 is 10.1 Å². The average Bonchev–Trinajstić information content (AvgIpc) is 2.65. The van der Waals surface area contributed by atoms with Crippen LogP contribution in [0.3, 0.4) is 0 Å². The molecule has 0 bridgehead atoms. The van der Waals surface area contributed by atoms with E-state index in [1.54, 1.807) is 18.2 Å². The molecule has 0 saturated heterocycles. The lowest BCUT2D eigenvalue weighted by Crippen LogP contribution is -2.36. The summed E-state index contributed by atoms with van der Waals surface area (Å²) in [6.07, 6.45) is 2.07. The van der Waals surface area contributed by atoms with Crippen molar-refractivity contribution in [3.63, 3.8) is 0 Å². The van der Waals surface area contributed by atoms with Crippen LogP contribution in [0.5, 0.6) is 5.75 Å². The van der Waals surface area contributed by atoms with Gasteiger partial charge in [0.25, 0.3) is 5.56 Å². The molecule has 7 heteroatoms. The van der Waals surface area contributed by atoms with Crippen molar-refractivity contribution in [3.05, 3.63) is 69.7 Å². The summed E-state index contributed by atoms with van der Waals surface area (Å²) in [4.78, 5) is 29.3. The van der Waals surface area contributed by atoms with Gasteiger partial charge in [0.2, 0.25) is 5.91 Å². The van der Waals surface area contributed by atoms with Gasteiger partial charge in [-0.2, -0.15) is 0 Å². The number of hydrogen-bond donors (Lipinski definition) is 1. The highest BCUT2D eigenvalue weighted by Crippen LogP contribution is 2.31. The maximum atomic E-state index is 12.6. The Morgan fingerprint density at radius 2 is 2.15 bits per heavy atom. The predicted molar refractivity (Wildman–Crippen MR) is 98.5 cm³/mol. The molecule has 1 aromatic heterocycles. The highest BCUT2D eigenvalue weighted by atomic mass is 35.5. The SMILES string of the molecule is O=C(Cn1cnc2ccc(Cl)cc2c1=O)N[C@@H]1CCOc2ccccc21. The van der Waals surface area contributed by atoms with E-state index in [1.807, 2.05) is 24.3 Å². The number of nitrogens with one attached hydrogen (secondary N) is 1. The van der Waals surface area contributed by atoms with E-state index in [1.165, 1.54) is 10.9 Å². The third-order valence-corrected chi connectivity index (χ3v) is 4.63. The van der Waals surface area contributed by atoms with Gasteiger partial charge in [0, 0.05) is 17.0 Å². The Kier molecular flexibility index (Phi) is 4.34. The molecule has 0 saturated carbocycles. The van der Waals surface area contributed by atoms with Crippen LogP contribution in [0.2, 0.25) is 5.02 Å². The number of amides is 1. The summed E-state index contributed by atoms with van der Waals surface area (Å²) in [6, 6.07) is 12.4. The predicted octanol–water partition coefficient (Wildman–Crippen LogP) is 2.69. The number of carbonyl (C=O) groups is 1. The van der Waals surface area contributed by atoms with Gasteiger partial charge in [0.05, 0.1) is 29.9 Å². The normalized spacial score (nSPS) is 16.0. The number of nitrogens with zero attached hydrogens (tertiary/aromatic N) is 2. The summed E-state index contributed by atoms with van der Waals surface area (Å²) in [6.45, 7) is 0.436. The maximum absolute atomic E-state index is 12.6. The number of rotatable bonds is 3.